The van der Waals surface area contributed by atoms with Gasteiger partial charge in [0.05, 0.1) is 19.4 Å². The number of nitrogens with one attached hydrogen (secondary N) is 1. The molecule has 0 radical (unpaired) electrons. The second-order valence-electron chi connectivity index (χ2n) is 10.3. The number of carbonyl (C=O) groups excluding carboxylic acids is 2. The van der Waals surface area contributed by atoms with Gasteiger partial charge < -0.3 is 33.7 Å². The predicted octanol–water partition coefficient (Wildman–Crippen LogP) is 4.54. The first-order valence-electron chi connectivity index (χ1n) is 15.1. The minimum absolute atomic E-state index is 0.00439. The number of ether oxygens (including phenoxy) is 2. The lowest BCUT2D eigenvalue weighted by atomic mass is 10.1. The Bertz CT molecular complexity index is 1610. The largest absolute Gasteiger partial charge is 0.482 e. The molecular formula is C32H41F2N4O8P. The summed E-state index contributed by atoms with van der Waals surface area (Å²) in [6.07, 6.45) is 1.06. The van der Waals surface area contributed by atoms with Gasteiger partial charge in [0.15, 0.2) is 11.4 Å². The van der Waals surface area contributed by atoms with Crippen molar-refractivity contribution in [2.24, 2.45) is 0 Å². The van der Waals surface area contributed by atoms with E-state index in [-0.39, 0.29) is 57.1 Å². The Hall–Kier alpha value is -4.10. The van der Waals surface area contributed by atoms with E-state index in [0.717, 1.165) is 12.3 Å². The highest BCUT2D eigenvalue weighted by Crippen LogP contribution is 2.47. The zero-order chi connectivity index (χ0) is 34.6. The van der Waals surface area contributed by atoms with Crippen molar-refractivity contribution < 1.29 is 41.5 Å². The molecule has 12 nitrogen and oxygen atoms in total. The van der Waals surface area contributed by atoms with E-state index in [1.54, 1.807) is 58.2 Å². The summed E-state index contributed by atoms with van der Waals surface area (Å²) in [4.78, 5) is 42.6. The van der Waals surface area contributed by atoms with Crippen LogP contribution in [0.3, 0.4) is 0 Å². The van der Waals surface area contributed by atoms with E-state index < -0.39 is 47.8 Å². The monoisotopic (exact) mass is 678 g/mol. The maximum absolute atomic E-state index is 14.3. The van der Waals surface area contributed by atoms with Gasteiger partial charge in [0.25, 0.3) is 11.8 Å². The van der Waals surface area contributed by atoms with E-state index in [0.29, 0.717) is 18.2 Å². The molecule has 0 aliphatic carbocycles. The lowest BCUT2D eigenvalue weighted by Gasteiger charge is -2.30. The van der Waals surface area contributed by atoms with E-state index in [1.165, 1.54) is 27.7 Å². The van der Waals surface area contributed by atoms with Crippen LogP contribution in [0.25, 0.3) is 0 Å². The lowest BCUT2D eigenvalue weighted by Crippen LogP contribution is -2.43. The SMILES string of the molecule is CCOCN(C)C(=O)c1c(OCc2ccccc2)c(=O)c(C(=O)NCc2ccc(F)cc2F)cn1N(C)CCP(=O)(OCC)OCC. The highest BCUT2D eigenvalue weighted by molar-refractivity contribution is 7.53. The van der Waals surface area contributed by atoms with E-state index >= 15 is 0 Å². The Morgan fingerprint density at radius 3 is 2.28 bits per heavy atom. The average molecular weight is 679 g/mol. The molecule has 0 spiro atoms. The summed E-state index contributed by atoms with van der Waals surface area (Å²) in [5, 5.41) is 3.95. The number of amides is 2. The number of pyridine rings is 1. The van der Waals surface area contributed by atoms with Crippen LogP contribution < -0.4 is 20.5 Å². The van der Waals surface area contributed by atoms with Crippen LogP contribution in [-0.2, 0) is 31.5 Å². The van der Waals surface area contributed by atoms with Gasteiger partial charge in [0, 0.05) is 51.6 Å². The first-order valence-corrected chi connectivity index (χ1v) is 16.8. The molecule has 0 saturated heterocycles. The van der Waals surface area contributed by atoms with Gasteiger partial charge in [0.1, 0.15) is 30.5 Å². The fourth-order valence-electron chi connectivity index (χ4n) is 4.41. The number of nitrogens with zero attached hydrogens (tertiary/aromatic N) is 3. The zero-order valence-electron chi connectivity index (χ0n) is 27.2. The summed E-state index contributed by atoms with van der Waals surface area (Å²) in [6.45, 7) is 5.13. The lowest BCUT2D eigenvalue weighted by molar-refractivity contribution is 0.0364. The van der Waals surface area contributed by atoms with Crippen LogP contribution in [0.2, 0.25) is 0 Å². The third kappa shape index (κ3) is 10.2. The van der Waals surface area contributed by atoms with E-state index in [1.807, 2.05) is 0 Å². The molecule has 1 N–H and O–H groups in total. The highest BCUT2D eigenvalue weighted by atomic mass is 31.2. The average Bonchev–Trinajstić information content (AvgIpc) is 3.05. The minimum atomic E-state index is -3.53. The van der Waals surface area contributed by atoms with Gasteiger partial charge in [0.2, 0.25) is 5.43 Å². The summed E-state index contributed by atoms with van der Waals surface area (Å²) < 4.78 is 64.5. The third-order valence-corrected chi connectivity index (χ3v) is 8.88. The van der Waals surface area contributed by atoms with Gasteiger partial charge in [-0.3, -0.25) is 23.6 Å². The molecule has 0 aliphatic rings. The highest BCUT2D eigenvalue weighted by Gasteiger charge is 2.31. The zero-order valence-corrected chi connectivity index (χ0v) is 28.1. The van der Waals surface area contributed by atoms with Crippen molar-refractivity contribution in [1.29, 1.82) is 0 Å². The standard InChI is InChI=1S/C32H41F2N4O8P/c1-6-43-22-36(4)32(41)28-30(44-21-23-12-10-9-11-13-23)29(39)26(31(40)35-19-24-14-15-25(33)18-27(24)34)20-38(28)37(5)16-17-47(42,45-7-2)46-8-3/h9-15,18,20H,6-8,16-17,19,21-22H2,1-5H3,(H,35,40). The van der Waals surface area contributed by atoms with Crippen molar-refractivity contribution in [3.63, 3.8) is 0 Å². The Morgan fingerprint density at radius 1 is 0.979 bits per heavy atom. The van der Waals surface area contributed by atoms with Crippen molar-refractivity contribution in [1.82, 2.24) is 14.9 Å². The van der Waals surface area contributed by atoms with Crippen LogP contribution in [0.5, 0.6) is 5.75 Å². The second-order valence-corrected chi connectivity index (χ2v) is 12.4. The van der Waals surface area contributed by atoms with Gasteiger partial charge in [-0.15, -0.1) is 0 Å². The summed E-state index contributed by atoms with van der Waals surface area (Å²) in [7, 11) is -0.495. The van der Waals surface area contributed by atoms with Crippen LogP contribution in [-0.4, -0.2) is 74.7 Å². The summed E-state index contributed by atoms with van der Waals surface area (Å²) in [5.41, 5.74) is -0.873. The number of benzene rings is 2. The molecule has 0 aliphatic heterocycles. The van der Waals surface area contributed by atoms with Gasteiger partial charge in [-0.2, -0.15) is 0 Å². The number of halogens is 2. The number of carbonyl (C=O) groups is 2. The molecule has 2 amide bonds. The van der Waals surface area contributed by atoms with Crippen molar-refractivity contribution in [3.8, 4) is 5.75 Å². The maximum Gasteiger partial charge on any atom is 0.332 e. The Morgan fingerprint density at radius 2 is 1.66 bits per heavy atom. The number of hydrogen-bond donors (Lipinski definition) is 1. The molecule has 1 heterocycles. The molecular weight excluding hydrogens is 637 g/mol. The molecule has 0 saturated carbocycles. The summed E-state index contributed by atoms with van der Waals surface area (Å²) >= 11 is 0. The number of hydrogen-bond acceptors (Lipinski definition) is 9. The quantitative estimate of drug-likeness (QED) is 0.152. The van der Waals surface area contributed by atoms with Gasteiger partial charge in [-0.1, -0.05) is 36.4 Å². The van der Waals surface area contributed by atoms with E-state index in [9.17, 15) is 27.7 Å². The summed E-state index contributed by atoms with van der Waals surface area (Å²) in [5.74, 6) is -3.64. The second kappa shape index (κ2) is 17.7. The molecule has 2 aromatic carbocycles. The van der Waals surface area contributed by atoms with Gasteiger partial charge in [-0.25, -0.2) is 8.78 Å². The Balaban J connectivity index is 2.14. The fourth-order valence-corrected chi connectivity index (χ4v) is 6.06. The molecule has 1 aromatic heterocycles. The first kappa shape index (κ1) is 37.4. The van der Waals surface area contributed by atoms with Crippen LogP contribution >= 0.6 is 7.60 Å². The fraction of sp³-hybridized carbons (Fsp3) is 0.406. The smallest absolute Gasteiger partial charge is 0.332 e. The van der Waals surface area contributed by atoms with Crippen LogP contribution in [0.15, 0.2) is 59.5 Å². The molecule has 0 bridgehead atoms. The molecule has 0 unspecified atom stereocenters. The van der Waals surface area contributed by atoms with Gasteiger partial charge >= 0.3 is 7.60 Å². The molecule has 15 heteroatoms. The first-order chi connectivity index (χ1) is 22.4. The summed E-state index contributed by atoms with van der Waals surface area (Å²) in [6, 6.07) is 11.8. The van der Waals surface area contributed by atoms with Crippen LogP contribution in [0.1, 0.15) is 52.7 Å². The van der Waals surface area contributed by atoms with Crippen molar-refractivity contribution >= 4 is 19.4 Å². The topological polar surface area (TPSA) is 129 Å². The van der Waals surface area contributed by atoms with E-state index in [2.05, 4.69) is 5.32 Å². The Kier molecular flexibility index (Phi) is 14.1. The van der Waals surface area contributed by atoms with E-state index in [4.69, 9.17) is 18.5 Å². The molecule has 3 aromatic rings. The van der Waals surface area contributed by atoms with Crippen LogP contribution in [0, 0.1) is 11.6 Å². The Labute approximate surface area is 272 Å². The molecule has 0 atom stereocenters. The third-order valence-electron chi connectivity index (χ3n) is 6.83. The maximum atomic E-state index is 14.3. The minimum Gasteiger partial charge on any atom is -0.482 e. The number of rotatable bonds is 18. The molecule has 47 heavy (non-hydrogen) atoms. The van der Waals surface area contributed by atoms with Crippen molar-refractivity contribution in [2.45, 2.75) is 33.9 Å². The number of aromatic nitrogens is 1. The van der Waals surface area contributed by atoms with Crippen molar-refractivity contribution in [2.75, 3.05) is 58.4 Å². The van der Waals surface area contributed by atoms with Crippen LogP contribution in [0.4, 0.5) is 8.78 Å². The van der Waals surface area contributed by atoms with Gasteiger partial charge in [-0.05, 0) is 32.4 Å². The molecule has 3 rings (SSSR count). The molecule has 256 valence electrons. The molecule has 0 fully saturated rings. The van der Waals surface area contributed by atoms with Crippen molar-refractivity contribution in [3.05, 3.63) is 99.0 Å². The normalized spacial score (nSPS) is 11.3. The predicted molar refractivity (Wildman–Crippen MR) is 172 cm³/mol.